The summed E-state index contributed by atoms with van der Waals surface area (Å²) in [6.07, 6.45) is 3.66. The van der Waals surface area contributed by atoms with Crippen molar-refractivity contribution < 1.29 is 4.74 Å². The topological polar surface area (TPSA) is 46.4 Å². The van der Waals surface area contributed by atoms with Crippen LogP contribution in [-0.2, 0) is 6.54 Å². The van der Waals surface area contributed by atoms with Gasteiger partial charge in [-0.3, -0.25) is 4.90 Å². The van der Waals surface area contributed by atoms with Gasteiger partial charge in [0.2, 0.25) is 0 Å². The molecule has 2 heterocycles. The van der Waals surface area contributed by atoms with Crippen molar-refractivity contribution in [2.24, 2.45) is 0 Å². The first kappa shape index (κ1) is 16.2. The number of likely N-dealkylation sites (tertiary alicyclic amines) is 1. The van der Waals surface area contributed by atoms with Crippen LogP contribution in [0, 0.1) is 0 Å². The minimum Gasteiger partial charge on any atom is -0.496 e. The molecule has 23 heavy (non-hydrogen) atoms. The average molecular weight is 336 g/mol. The summed E-state index contributed by atoms with van der Waals surface area (Å²) in [5.74, 6) is 0.836. The molecular formula is C16H22ClN5O. The molecule has 1 aromatic carbocycles. The van der Waals surface area contributed by atoms with Gasteiger partial charge in [0.05, 0.1) is 19.3 Å². The summed E-state index contributed by atoms with van der Waals surface area (Å²) in [4.78, 5) is 4.64. The molecular weight excluding hydrogens is 314 g/mol. The van der Waals surface area contributed by atoms with Crippen molar-refractivity contribution in [1.82, 2.24) is 24.8 Å². The molecule has 0 unspecified atom stereocenters. The molecule has 0 N–H and O–H groups in total. The summed E-state index contributed by atoms with van der Waals surface area (Å²) >= 11 is 6.38. The van der Waals surface area contributed by atoms with Crippen LogP contribution >= 0.6 is 11.6 Å². The van der Waals surface area contributed by atoms with Crippen molar-refractivity contribution >= 4 is 11.6 Å². The highest BCUT2D eigenvalue weighted by Gasteiger charge is 2.36. The lowest BCUT2D eigenvalue weighted by molar-refractivity contribution is 0.237. The third-order valence-electron chi connectivity index (χ3n) is 4.46. The Balaban J connectivity index is 1.80. The molecule has 3 rings (SSSR count). The third kappa shape index (κ3) is 3.34. The highest BCUT2D eigenvalue weighted by atomic mass is 35.5. The summed E-state index contributed by atoms with van der Waals surface area (Å²) in [7, 11) is 5.89. The van der Waals surface area contributed by atoms with E-state index in [0.29, 0.717) is 6.04 Å². The van der Waals surface area contributed by atoms with Crippen molar-refractivity contribution in [3.8, 4) is 5.75 Å². The van der Waals surface area contributed by atoms with E-state index in [9.17, 15) is 0 Å². The van der Waals surface area contributed by atoms with Crippen molar-refractivity contribution in [3.05, 3.63) is 41.2 Å². The number of halogens is 1. The molecule has 0 spiro atoms. The SMILES string of the molecule is COc1cccc(Cl)c1CN1C[C@@H](N(C)C)[C@@H](n2ccnn2)C1. The molecule has 0 aliphatic carbocycles. The zero-order chi connectivity index (χ0) is 16.4. The van der Waals surface area contributed by atoms with E-state index >= 15 is 0 Å². The normalized spacial score (nSPS) is 22.0. The number of likely N-dealkylation sites (N-methyl/N-ethyl adjacent to an activating group) is 1. The Labute approximate surface area is 141 Å². The van der Waals surface area contributed by atoms with Crippen molar-refractivity contribution in [1.29, 1.82) is 0 Å². The highest BCUT2D eigenvalue weighted by molar-refractivity contribution is 6.31. The molecule has 1 aromatic heterocycles. The molecule has 0 amide bonds. The first-order chi connectivity index (χ1) is 11.1. The van der Waals surface area contributed by atoms with Gasteiger partial charge in [0.1, 0.15) is 5.75 Å². The number of nitrogens with zero attached hydrogens (tertiary/aromatic N) is 5. The van der Waals surface area contributed by atoms with Crippen LogP contribution in [0.15, 0.2) is 30.6 Å². The predicted molar refractivity (Wildman–Crippen MR) is 89.8 cm³/mol. The number of rotatable bonds is 5. The molecule has 1 aliphatic rings. The quantitative estimate of drug-likeness (QED) is 0.835. The summed E-state index contributed by atoms with van der Waals surface area (Å²) in [5, 5.41) is 8.88. The molecule has 2 aromatic rings. The van der Waals surface area contributed by atoms with Gasteiger partial charge in [-0.2, -0.15) is 0 Å². The van der Waals surface area contributed by atoms with Gasteiger partial charge in [-0.15, -0.1) is 5.10 Å². The van der Waals surface area contributed by atoms with Gasteiger partial charge < -0.3 is 9.64 Å². The zero-order valence-electron chi connectivity index (χ0n) is 13.7. The number of hydrogen-bond acceptors (Lipinski definition) is 5. The molecule has 0 bridgehead atoms. The Kier molecular flexibility index (Phi) is 4.84. The molecule has 1 fully saturated rings. The first-order valence-electron chi connectivity index (χ1n) is 7.66. The van der Waals surface area contributed by atoms with E-state index in [-0.39, 0.29) is 6.04 Å². The van der Waals surface area contributed by atoms with E-state index in [1.54, 1.807) is 13.3 Å². The first-order valence-corrected chi connectivity index (χ1v) is 8.04. The van der Waals surface area contributed by atoms with Gasteiger partial charge in [0, 0.05) is 42.5 Å². The summed E-state index contributed by atoms with van der Waals surface area (Å²) in [6.45, 7) is 2.62. The summed E-state index contributed by atoms with van der Waals surface area (Å²) in [5.41, 5.74) is 1.04. The Morgan fingerprint density at radius 1 is 1.35 bits per heavy atom. The minimum atomic E-state index is 0.279. The minimum absolute atomic E-state index is 0.279. The number of methoxy groups -OCH3 is 1. The fraction of sp³-hybridized carbons (Fsp3) is 0.500. The maximum absolute atomic E-state index is 6.38. The lowest BCUT2D eigenvalue weighted by Gasteiger charge is -2.24. The molecule has 7 heteroatoms. The van der Waals surface area contributed by atoms with Crippen LogP contribution in [0.5, 0.6) is 5.75 Å². The van der Waals surface area contributed by atoms with E-state index in [2.05, 4.69) is 34.2 Å². The van der Waals surface area contributed by atoms with Crippen molar-refractivity contribution in [2.45, 2.75) is 18.6 Å². The second kappa shape index (κ2) is 6.86. The summed E-state index contributed by atoms with van der Waals surface area (Å²) < 4.78 is 7.41. The lowest BCUT2D eigenvalue weighted by Crippen LogP contribution is -2.36. The van der Waals surface area contributed by atoms with Crippen LogP contribution in [0.2, 0.25) is 5.02 Å². The van der Waals surface area contributed by atoms with Gasteiger partial charge in [-0.1, -0.05) is 22.9 Å². The smallest absolute Gasteiger partial charge is 0.124 e. The van der Waals surface area contributed by atoms with Crippen LogP contribution in [0.1, 0.15) is 11.6 Å². The van der Waals surface area contributed by atoms with Gasteiger partial charge >= 0.3 is 0 Å². The van der Waals surface area contributed by atoms with Crippen LogP contribution in [0.3, 0.4) is 0 Å². The van der Waals surface area contributed by atoms with E-state index in [4.69, 9.17) is 16.3 Å². The number of ether oxygens (including phenoxy) is 1. The fourth-order valence-corrected chi connectivity index (χ4v) is 3.47. The van der Waals surface area contributed by atoms with Gasteiger partial charge in [-0.25, -0.2) is 4.68 Å². The van der Waals surface area contributed by atoms with Crippen molar-refractivity contribution in [2.75, 3.05) is 34.3 Å². The van der Waals surface area contributed by atoms with E-state index in [1.807, 2.05) is 29.1 Å². The largest absolute Gasteiger partial charge is 0.496 e. The molecule has 1 aliphatic heterocycles. The van der Waals surface area contributed by atoms with Gasteiger partial charge in [0.15, 0.2) is 0 Å². The third-order valence-corrected chi connectivity index (χ3v) is 4.81. The van der Waals surface area contributed by atoms with Crippen LogP contribution < -0.4 is 4.74 Å². The van der Waals surface area contributed by atoms with Crippen LogP contribution in [-0.4, -0.2) is 65.1 Å². The fourth-order valence-electron chi connectivity index (χ4n) is 3.24. The Hall–Kier alpha value is -1.63. The molecule has 1 saturated heterocycles. The van der Waals surface area contributed by atoms with Gasteiger partial charge in [-0.05, 0) is 26.2 Å². The van der Waals surface area contributed by atoms with Gasteiger partial charge in [0.25, 0.3) is 0 Å². The Morgan fingerprint density at radius 3 is 2.83 bits per heavy atom. The second-order valence-electron chi connectivity index (χ2n) is 6.10. The van der Waals surface area contributed by atoms with Crippen LogP contribution in [0.25, 0.3) is 0 Å². The Bertz CT molecular complexity index is 646. The maximum Gasteiger partial charge on any atom is 0.124 e. The zero-order valence-corrected chi connectivity index (χ0v) is 14.4. The standard InChI is InChI=1S/C16H22ClN5O/c1-20(2)14-10-21(11-15(14)22-8-7-18-19-22)9-12-13(17)5-4-6-16(12)23-3/h4-8,14-15H,9-11H2,1-3H3/t14-,15+/m1/s1. The van der Waals surface area contributed by atoms with E-state index in [1.165, 1.54) is 0 Å². The molecule has 6 nitrogen and oxygen atoms in total. The molecule has 0 radical (unpaired) electrons. The second-order valence-corrected chi connectivity index (χ2v) is 6.50. The summed E-state index contributed by atoms with van der Waals surface area (Å²) in [6, 6.07) is 6.44. The maximum atomic E-state index is 6.38. The van der Waals surface area contributed by atoms with E-state index in [0.717, 1.165) is 36.0 Å². The van der Waals surface area contributed by atoms with Crippen LogP contribution in [0.4, 0.5) is 0 Å². The predicted octanol–water partition coefficient (Wildman–Crippen LogP) is 1.93. The van der Waals surface area contributed by atoms with Crippen molar-refractivity contribution in [3.63, 3.8) is 0 Å². The van der Waals surface area contributed by atoms with E-state index < -0.39 is 0 Å². The number of aromatic nitrogens is 3. The number of hydrogen-bond donors (Lipinski definition) is 0. The molecule has 124 valence electrons. The monoisotopic (exact) mass is 335 g/mol. The average Bonchev–Trinajstić information content (AvgIpc) is 3.18. The molecule has 2 atom stereocenters. The number of benzene rings is 1. The lowest BCUT2D eigenvalue weighted by atomic mass is 10.1. The Morgan fingerprint density at radius 2 is 2.17 bits per heavy atom. The molecule has 0 saturated carbocycles. The highest BCUT2D eigenvalue weighted by Crippen LogP contribution is 2.31.